The van der Waals surface area contributed by atoms with E-state index in [1.54, 1.807) is 6.26 Å². The van der Waals surface area contributed by atoms with Crippen molar-refractivity contribution < 1.29 is 13.6 Å². The molecule has 0 aromatic heterocycles. The van der Waals surface area contributed by atoms with Gasteiger partial charge in [-0.2, -0.15) is 0 Å². The molecule has 0 bridgehead atoms. The van der Waals surface area contributed by atoms with Crippen LogP contribution in [-0.4, -0.2) is 23.2 Å². The van der Waals surface area contributed by atoms with Gasteiger partial charge in [0.15, 0.2) is 0 Å². The third-order valence-electron chi connectivity index (χ3n) is 4.70. The third kappa shape index (κ3) is 6.06. The molecule has 126 valence electrons. The molecule has 0 radical (unpaired) electrons. The molecule has 0 spiro atoms. The Morgan fingerprint density at radius 1 is 0.857 bits per heavy atom. The van der Waals surface area contributed by atoms with Crippen LogP contribution in [0.5, 0.6) is 0 Å². The van der Waals surface area contributed by atoms with Crippen LogP contribution < -0.4 is 0 Å². The van der Waals surface area contributed by atoms with Gasteiger partial charge in [-0.3, -0.25) is 0 Å². The molecule has 0 saturated heterocycles. The Morgan fingerprint density at radius 2 is 1.29 bits per heavy atom. The first-order valence-corrected chi connectivity index (χ1v) is 13.7. The van der Waals surface area contributed by atoms with Crippen molar-refractivity contribution in [2.24, 2.45) is 0 Å². The highest BCUT2D eigenvalue weighted by molar-refractivity contribution is 6.74. The second kappa shape index (κ2) is 6.77. The van der Waals surface area contributed by atoms with Crippen LogP contribution in [0, 0.1) is 0 Å². The Balaban J connectivity index is 5.13. The van der Waals surface area contributed by atoms with Crippen molar-refractivity contribution in [1.82, 2.24) is 0 Å². The summed E-state index contributed by atoms with van der Waals surface area (Å²) in [6.45, 7) is 24.8. The number of ether oxygens (including phenoxy) is 1. The lowest BCUT2D eigenvalue weighted by molar-refractivity contribution is 0.0966. The van der Waals surface area contributed by atoms with Crippen LogP contribution in [0.1, 0.15) is 48.5 Å². The molecule has 0 atom stereocenters. The summed E-state index contributed by atoms with van der Waals surface area (Å²) in [6.07, 6.45) is 1.71. The highest BCUT2D eigenvalue weighted by atomic mass is 28.4. The van der Waals surface area contributed by atoms with Gasteiger partial charge in [-0.15, -0.1) is 0 Å². The maximum atomic E-state index is 6.23. The molecule has 0 aliphatic heterocycles. The van der Waals surface area contributed by atoms with Gasteiger partial charge in [-0.05, 0) is 43.2 Å². The van der Waals surface area contributed by atoms with Gasteiger partial charge in [0.2, 0.25) is 8.32 Å². The topological polar surface area (TPSA) is 27.7 Å². The van der Waals surface area contributed by atoms with Crippen molar-refractivity contribution >= 4 is 16.6 Å². The van der Waals surface area contributed by atoms with Gasteiger partial charge in [0.1, 0.15) is 6.26 Å². The lowest BCUT2D eigenvalue weighted by Crippen LogP contribution is -2.41. The second-order valence-corrected chi connectivity index (χ2v) is 18.1. The standard InChI is InChI=1S/C16H36O3Si2/c1-12-17-14(19-21(10,11)16(5,6)7)13-18-20(8,9)15(2,3)4/h13H,12H2,1-11H3/b14-13-. The van der Waals surface area contributed by atoms with E-state index in [1.165, 1.54) is 0 Å². The van der Waals surface area contributed by atoms with Crippen LogP contribution in [0.4, 0.5) is 0 Å². The fraction of sp³-hybridized carbons (Fsp3) is 0.875. The summed E-state index contributed by atoms with van der Waals surface area (Å²) in [4.78, 5) is 0. The van der Waals surface area contributed by atoms with Crippen molar-refractivity contribution in [2.75, 3.05) is 6.61 Å². The minimum absolute atomic E-state index is 0.139. The van der Waals surface area contributed by atoms with Gasteiger partial charge in [-0.25, -0.2) is 0 Å². The molecule has 0 unspecified atom stereocenters. The Hall–Kier alpha value is -0.426. The SMILES string of the molecule is CCO/C(=C/O[Si](C)(C)C(C)(C)C)O[Si](C)(C)C(C)(C)C. The quantitative estimate of drug-likeness (QED) is 0.450. The summed E-state index contributed by atoms with van der Waals surface area (Å²) >= 11 is 0. The maximum Gasteiger partial charge on any atom is 0.300 e. The first-order chi connectivity index (χ1) is 9.14. The van der Waals surface area contributed by atoms with E-state index in [-0.39, 0.29) is 10.1 Å². The van der Waals surface area contributed by atoms with Crippen LogP contribution in [0.25, 0.3) is 0 Å². The average Bonchev–Trinajstić information content (AvgIpc) is 2.22. The van der Waals surface area contributed by atoms with Gasteiger partial charge >= 0.3 is 0 Å². The van der Waals surface area contributed by atoms with E-state index in [0.717, 1.165) is 0 Å². The summed E-state index contributed by atoms with van der Waals surface area (Å²) in [6, 6.07) is 0. The smallest absolute Gasteiger partial charge is 0.300 e. The van der Waals surface area contributed by atoms with Gasteiger partial charge in [-0.1, -0.05) is 41.5 Å². The van der Waals surface area contributed by atoms with Crippen molar-refractivity contribution in [3.63, 3.8) is 0 Å². The van der Waals surface area contributed by atoms with E-state index in [9.17, 15) is 0 Å². The van der Waals surface area contributed by atoms with Crippen molar-refractivity contribution in [3.8, 4) is 0 Å². The third-order valence-corrected chi connectivity index (χ3v) is 13.3. The molecular formula is C16H36O3Si2. The largest absolute Gasteiger partial charge is 0.544 e. The monoisotopic (exact) mass is 332 g/mol. The summed E-state index contributed by atoms with van der Waals surface area (Å²) in [5, 5.41) is 0.304. The number of hydrogen-bond donors (Lipinski definition) is 0. The molecule has 0 saturated carbocycles. The minimum atomic E-state index is -1.91. The summed E-state index contributed by atoms with van der Waals surface area (Å²) < 4.78 is 18.0. The first kappa shape index (κ1) is 20.6. The Labute approximate surface area is 134 Å². The Morgan fingerprint density at radius 3 is 1.62 bits per heavy atom. The molecule has 3 nitrogen and oxygen atoms in total. The fourth-order valence-corrected chi connectivity index (χ4v) is 2.67. The molecular weight excluding hydrogens is 296 g/mol. The summed E-state index contributed by atoms with van der Waals surface area (Å²) in [5.41, 5.74) is 0. The van der Waals surface area contributed by atoms with Crippen molar-refractivity contribution in [3.05, 3.63) is 12.2 Å². The van der Waals surface area contributed by atoms with E-state index in [0.29, 0.717) is 12.6 Å². The lowest BCUT2D eigenvalue weighted by atomic mass is 10.2. The van der Waals surface area contributed by atoms with Crippen LogP contribution >= 0.6 is 0 Å². The molecule has 0 heterocycles. The van der Waals surface area contributed by atoms with Crippen LogP contribution in [0.2, 0.25) is 36.3 Å². The van der Waals surface area contributed by atoms with Crippen LogP contribution in [0.3, 0.4) is 0 Å². The zero-order valence-corrected chi connectivity index (χ0v) is 18.0. The van der Waals surface area contributed by atoms with Crippen molar-refractivity contribution in [2.45, 2.75) is 84.7 Å². The molecule has 0 aromatic carbocycles. The lowest BCUT2D eigenvalue weighted by Gasteiger charge is -2.38. The first-order valence-electron chi connectivity index (χ1n) is 7.84. The predicted octanol–water partition coefficient (Wildman–Crippen LogP) is 5.87. The predicted molar refractivity (Wildman–Crippen MR) is 96.3 cm³/mol. The van der Waals surface area contributed by atoms with Gasteiger partial charge < -0.3 is 13.6 Å². The van der Waals surface area contributed by atoms with E-state index in [2.05, 4.69) is 67.7 Å². The Bertz CT molecular complexity index is 361. The summed E-state index contributed by atoms with van der Waals surface area (Å²) in [7, 11) is -3.74. The normalized spacial score (nSPS) is 14.9. The highest BCUT2D eigenvalue weighted by Crippen LogP contribution is 2.39. The molecule has 0 aromatic rings. The average molecular weight is 333 g/mol. The van der Waals surface area contributed by atoms with Gasteiger partial charge in [0.25, 0.3) is 14.3 Å². The van der Waals surface area contributed by atoms with Gasteiger partial charge in [0, 0.05) is 0 Å². The highest BCUT2D eigenvalue weighted by Gasteiger charge is 2.41. The zero-order chi connectivity index (χ0) is 17.1. The zero-order valence-electron chi connectivity index (χ0n) is 16.0. The molecule has 0 rings (SSSR count). The summed E-state index contributed by atoms with van der Waals surface area (Å²) in [5.74, 6) is 0.536. The molecule has 5 heteroatoms. The van der Waals surface area contributed by atoms with E-state index >= 15 is 0 Å². The van der Waals surface area contributed by atoms with Crippen LogP contribution in [0.15, 0.2) is 12.2 Å². The molecule has 0 amide bonds. The fourth-order valence-electron chi connectivity index (χ4n) is 1.01. The minimum Gasteiger partial charge on any atom is -0.544 e. The van der Waals surface area contributed by atoms with Crippen molar-refractivity contribution in [1.29, 1.82) is 0 Å². The van der Waals surface area contributed by atoms with E-state index in [4.69, 9.17) is 13.6 Å². The Kier molecular flexibility index (Phi) is 6.64. The maximum absolute atomic E-state index is 6.23. The molecule has 0 aliphatic carbocycles. The molecule has 0 N–H and O–H groups in total. The number of hydrogen-bond acceptors (Lipinski definition) is 3. The van der Waals surface area contributed by atoms with Gasteiger partial charge in [0.05, 0.1) is 6.61 Å². The molecule has 0 fully saturated rings. The van der Waals surface area contributed by atoms with E-state index in [1.807, 2.05) is 6.92 Å². The van der Waals surface area contributed by atoms with E-state index < -0.39 is 16.6 Å². The molecule has 21 heavy (non-hydrogen) atoms. The second-order valence-electron chi connectivity index (χ2n) is 8.61. The van der Waals surface area contributed by atoms with Crippen LogP contribution in [-0.2, 0) is 13.6 Å². The molecule has 0 aliphatic rings. The number of rotatable bonds is 6.